The van der Waals surface area contributed by atoms with Gasteiger partial charge in [0.15, 0.2) is 0 Å². The fraction of sp³-hybridized carbons (Fsp3) is 0.455. The predicted molar refractivity (Wildman–Crippen MR) is 52.9 cm³/mol. The third kappa shape index (κ3) is 2.25. The second-order valence-electron chi connectivity index (χ2n) is 4.13. The van der Waals surface area contributed by atoms with E-state index in [1.807, 2.05) is 0 Å². The number of nitrogens with zero attached hydrogens (tertiary/aromatic N) is 1. The average Bonchev–Trinajstić information content (AvgIpc) is 2.97. The Bertz CT molecular complexity index is 478. The Labute approximate surface area is 95.3 Å². The molecule has 1 aromatic rings. The normalized spacial score (nSPS) is 16.0. The monoisotopic (exact) mass is 245 g/mol. The van der Waals surface area contributed by atoms with E-state index in [2.05, 4.69) is 4.98 Å². The lowest BCUT2D eigenvalue weighted by Crippen LogP contribution is -2.16. The molecule has 0 amide bonds. The van der Waals surface area contributed by atoms with Crippen LogP contribution in [0.25, 0.3) is 0 Å². The predicted octanol–water partition coefficient (Wildman–Crippen LogP) is 2.98. The van der Waals surface area contributed by atoms with Crippen molar-refractivity contribution in [2.45, 2.75) is 31.9 Å². The van der Waals surface area contributed by atoms with Crippen molar-refractivity contribution < 1.29 is 23.1 Å². The van der Waals surface area contributed by atoms with E-state index in [0.717, 1.165) is 18.9 Å². The third-order valence-corrected chi connectivity index (χ3v) is 2.74. The van der Waals surface area contributed by atoms with E-state index in [9.17, 15) is 18.0 Å². The van der Waals surface area contributed by atoms with Crippen molar-refractivity contribution in [1.82, 2.24) is 4.98 Å². The van der Waals surface area contributed by atoms with Crippen LogP contribution in [0.15, 0.2) is 6.07 Å². The summed E-state index contributed by atoms with van der Waals surface area (Å²) < 4.78 is 38.3. The number of pyridine rings is 1. The molecule has 0 unspecified atom stereocenters. The van der Waals surface area contributed by atoms with Gasteiger partial charge in [0.25, 0.3) is 0 Å². The van der Waals surface area contributed by atoms with Crippen molar-refractivity contribution in [3.8, 4) is 0 Å². The molecule has 1 saturated carbocycles. The molecule has 2 rings (SSSR count). The molecule has 0 aliphatic heterocycles. The van der Waals surface area contributed by atoms with Crippen LogP contribution in [-0.4, -0.2) is 16.1 Å². The number of hydrogen-bond donors (Lipinski definition) is 1. The van der Waals surface area contributed by atoms with Crippen molar-refractivity contribution in [3.63, 3.8) is 0 Å². The number of aromatic carboxylic acids is 1. The number of aryl methyl sites for hydroxylation is 1. The minimum Gasteiger partial charge on any atom is -0.478 e. The van der Waals surface area contributed by atoms with Crippen molar-refractivity contribution in [2.75, 3.05) is 0 Å². The minimum atomic E-state index is -4.66. The number of hydrogen-bond acceptors (Lipinski definition) is 2. The van der Waals surface area contributed by atoms with Crippen LogP contribution in [0.2, 0.25) is 0 Å². The molecular formula is C11H10F3NO2. The second kappa shape index (κ2) is 3.72. The lowest BCUT2D eigenvalue weighted by molar-refractivity contribution is -0.138. The molecule has 1 aliphatic carbocycles. The van der Waals surface area contributed by atoms with E-state index in [1.165, 1.54) is 6.92 Å². The first-order valence-electron chi connectivity index (χ1n) is 5.12. The van der Waals surface area contributed by atoms with Gasteiger partial charge in [0.05, 0.1) is 16.8 Å². The first-order chi connectivity index (χ1) is 7.80. The Morgan fingerprint density at radius 1 is 1.47 bits per heavy atom. The van der Waals surface area contributed by atoms with E-state index >= 15 is 0 Å². The molecule has 6 heteroatoms. The first kappa shape index (κ1) is 11.9. The van der Waals surface area contributed by atoms with Gasteiger partial charge in [-0.05, 0) is 25.8 Å². The van der Waals surface area contributed by atoms with Gasteiger partial charge < -0.3 is 5.11 Å². The van der Waals surface area contributed by atoms with Gasteiger partial charge in [-0.2, -0.15) is 13.2 Å². The number of carboxylic acid groups (broad SMARTS) is 1. The molecule has 1 aliphatic rings. The number of halogens is 3. The van der Waals surface area contributed by atoms with Gasteiger partial charge in [-0.1, -0.05) is 0 Å². The lowest BCUT2D eigenvalue weighted by atomic mass is 10.0. The SMILES string of the molecule is Cc1nc(C2CC2)cc(C(F)(F)F)c1C(=O)O. The molecule has 0 radical (unpaired) electrons. The summed E-state index contributed by atoms with van der Waals surface area (Å²) in [5, 5.41) is 8.81. The summed E-state index contributed by atoms with van der Waals surface area (Å²) in [6.45, 7) is 1.30. The first-order valence-corrected chi connectivity index (χ1v) is 5.12. The standard InChI is InChI=1S/C11H10F3NO2/c1-5-9(10(16)17)7(11(12,13)14)4-8(15-5)6-2-3-6/h4,6H,2-3H2,1H3,(H,16,17). The summed E-state index contributed by atoms with van der Waals surface area (Å²) in [5.74, 6) is -1.54. The summed E-state index contributed by atoms with van der Waals surface area (Å²) in [6, 6.07) is 0.869. The van der Waals surface area contributed by atoms with Crippen LogP contribution in [0.1, 0.15) is 46.1 Å². The van der Waals surface area contributed by atoms with Crippen LogP contribution < -0.4 is 0 Å². The number of rotatable bonds is 2. The van der Waals surface area contributed by atoms with E-state index < -0.39 is 23.3 Å². The van der Waals surface area contributed by atoms with Crippen LogP contribution in [0.4, 0.5) is 13.2 Å². The fourth-order valence-corrected chi connectivity index (χ4v) is 1.78. The van der Waals surface area contributed by atoms with Crippen LogP contribution in [0.3, 0.4) is 0 Å². The number of carbonyl (C=O) groups is 1. The fourth-order valence-electron chi connectivity index (χ4n) is 1.78. The highest BCUT2D eigenvalue weighted by Gasteiger charge is 2.38. The van der Waals surface area contributed by atoms with E-state index in [0.29, 0.717) is 5.69 Å². The zero-order valence-electron chi connectivity index (χ0n) is 9.01. The average molecular weight is 245 g/mol. The smallest absolute Gasteiger partial charge is 0.417 e. The molecule has 1 heterocycles. The van der Waals surface area contributed by atoms with Crippen LogP contribution in [-0.2, 0) is 6.18 Å². The Morgan fingerprint density at radius 3 is 2.47 bits per heavy atom. The van der Waals surface area contributed by atoms with Gasteiger partial charge in [-0.15, -0.1) is 0 Å². The molecule has 0 spiro atoms. The maximum absolute atomic E-state index is 12.8. The highest BCUT2D eigenvalue weighted by Crippen LogP contribution is 2.42. The molecule has 92 valence electrons. The Morgan fingerprint density at radius 2 is 2.06 bits per heavy atom. The Balaban J connectivity index is 2.62. The molecule has 17 heavy (non-hydrogen) atoms. The zero-order valence-corrected chi connectivity index (χ0v) is 9.01. The lowest BCUT2D eigenvalue weighted by Gasteiger charge is -2.13. The maximum Gasteiger partial charge on any atom is 0.417 e. The second-order valence-corrected chi connectivity index (χ2v) is 4.13. The highest BCUT2D eigenvalue weighted by molar-refractivity contribution is 5.90. The summed E-state index contributed by atoms with van der Waals surface area (Å²) in [4.78, 5) is 14.8. The summed E-state index contributed by atoms with van der Waals surface area (Å²) in [7, 11) is 0. The summed E-state index contributed by atoms with van der Waals surface area (Å²) >= 11 is 0. The van der Waals surface area contributed by atoms with Crippen molar-refractivity contribution in [2.24, 2.45) is 0 Å². The van der Waals surface area contributed by atoms with Gasteiger partial charge in [0.2, 0.25) is 0 Å². The van der Waals surface area contributed by atoms with Gasteiger partial charge >= 0.3 is 12.1 Å². The van der Waals surface area contributed by atoms with Crippen LogP contribution >= 0.6 is 0 Å². The molecule has 1 N–H and O–H groups in total. The maximum atomic E-state index is 12.8. The van der Waals surface area contributed by atoms with E-state index in [4.69, 9.17) is 5.11 Å². The highest BCUT2D eigenvalue weighted by atomic mass is 19.4. The van der Waals surface area contributed by atoms with Gasteiger partial charge in [0, 0.05) is 11.6 Å². The van der Waals surface area contributed by atoms with E-state index in [1.54, 1.807) is 0 Å². The van der Waals surface area contributed by atoms with Gasteiger partial charge in [0.1, 0.15) is 0 Å². The minimum absolute atomic E-state index is 0.0534. The van der Waals surface area contributed by atoms with Crippen molar-refractivity contribution in [1.29, 1.82) is 0 Å². The van der Waals surface area contributed by atoms with Crippen molar-refractivity contribution in [3.05, 3.63) is 28.6 Å². The zero-order chi connectivity index (χ0) is 12.8. The van der Waals surface area contributed by atoms with Crippen LogP contribution in [0.5, 0.6) is 0 Å². The summed E-state index contributed by atoms with van der Waals surface area (Å²) in [5.41, 5.74) is -1.57. The largest absolute Gasteiger partial charge is 0.478 e. The molecule has 0 atom stereocenters. The number of carboxylic acids is 1. The van der Waals surface area contributed by atoms with E-state index in [-0.39, 0.29) is 11.6 Å². The van der Waals surface area contributed by atoms with Crippen LogP contribution in [0, 0.1) is 6.92 Å². The quantitative estimate of drug-likeness (QED) is 0.871. The van der Waals surface area contributed by atoms with Gasteiger partial charge in [-0.3, -0.25) is 4.98 Å². The number of alkyl halides is 3. The molecule has 0 bridgehead atoms. The molecule has 0 saturated heterocycles. The Kier molecular flexibility index (Phi) is 2.60. The van der Waals surface area contributed by atoms with Crippen molar-refractivity contribution >= 4 is 5.97 Å². The topological polar surface area (TPSA) is 50.2 Å². The molecule has 1 fully saturated rings. The Hall–Kier alpha value is -1.59. The third-order valence-electron chi connectivity index (χ3n) is 2.74. The molecule has 1 aromatic heterocycles. The van der Waals surface area contributed by atoms with Gasteiger partial charge in [-0.25, -0.2) is 4.79 Å². The molecule has 3 nitrogen and oxygen atoms in total. The number of aromatic nitrogens is 1. The molecule has 0 aromatic carbocycles. The summed E-state index contributed by atoms with van der Waals surface area (Å²) in [6.07, 6.45) is -3.03. The molecular weight excluding hydrogens is 235 g/mol.